The van der Waals surface area contributed by atoms with E-state index in [1.54, 1.807) is 0 Å². The molecule has 0 amide bonds. The summed E-state index contributed by atoms with van der Waals surface area (Å²) in [6.45, 7) is 13.8. The molecule has 1 aromatic carbocycles. The molecule has 1 rings (SSSR count). The van der Waals surface area contributed by atoms with Gasteiger partial charge in [0.2, 0.25) is 0 Å². The van der Waals surface area contributed by atoms with Crippen LogP contribution in [-0.4, -0.2) is 18.8 Å². The number of ether oxygens (including phenoxy) is 1. The maximum atomic E-state index is 6.27. The van der Waals surface area contributed by atoms with E-state index in [2.05, 4.69) is 59.5 Å². The molecule has 1 atom stereocenters. The number of hydrogen-bond acceptors (Lipinski definition) is 2. The minimum absolute atomic E-state index is 0.0910. The molecule has 0 aliphatic heterocycles. The fourth-order valence-electron chi connectivity index (χ4n) is 2.29. The molecule has 0 aliphatic carbocycles. The lowest BCUT2D eigenvalue weighted by molar-refractivity contribution is 0.0998. The topological polar surface area (TPSA) is 35.2 Å². The monoisotopic (exact) mass is 281 g/mol. The van der Waals surface area contributed by atoms with Crippen molar-refractivity contribution >= 4 is 13.9 Å². The number of nitrogens with two attached hydrogens (primary N) is 1. The third-order valence-electron chi connectivity index (χ3n) is 3.18. The van der Waals surface area contributed by atoms with Crippen molar-refractivity contribution in [3.8, 4) is 5.75 Å². The van der Waals surface area contributed by atoms with E-state index in [-0.39, 0.29) is 11.0 Å². The van der Waals surface area contributed by atoms with E-state index in [0.29, 0.717) is 6.54 Å². The summed E-state index contributed by atoms with van der Waals surface area (Å²) in [5.41, 5.74) is 6.88. The number of hydrogen-bond donors (Lipinski definition) is 1. The Labute approximate surface area is 119 Å². The van der Waals surface area contributed by atoms with Gasteiger partial charge in [0.15, 0.2) is 0 Å². The van der Waals surface area contributed by atoms with Crippen molar-refractivity contribution in [2.75, 3.05) is 13.2 Å². The van der Waals surface area contributed by atoms with Gasteiger partial charge in [0.05, 0.1) is 0 Å². The Morgan fingerprint density at radius 3 is 2.26 bits per heavy atom. The lowest BCUT2D eigenvalue weighted by atomic mass is 9.86. The van der Waals surface area contributed by atoms with Gasteiger partial charge in [-0.15, -0.1) is 0 Å². The second kappa shape index (κ2) is 6.24. The molecule has 2 nitrogen and oxygen atoms in total. The first-order valence-corrected chi connectivity index (χ1v) is 8.41. The first-order chi connectivity index (χ1) is 8.71. The molecule has 3 heteroatoms. The summed E-state index contributed by atoms with van der Waals surface area (Å²) in [6.07, 6.45) is 0.856. The molecule has 2 N–H and O–H groups in total. The van der Waals surface area contributed by atoms with Crippen LogP contribution < -0.4 is 15.8 Å². The van der Waals surface area contributed by atoms with Crippen molar-refractivity contribution in [2.45, 2.75) is 52.1 Å². The van der Waals surface area contributed by atoms with Gasteiger partial charge in [-0.1, -0.05) is 41.5 Å². The second-order valence-corrected chi connectivity index (χ2v) is 7.62. The normalized spacial score (nSPS) is 13.2. The van der Waals surface area contributed by atoms with Crippen LogP contribution in [0, 0.1) is 0 Å². The Balaban J connectivity index is 3.21. The molecule has 0 aliphatic rings. The smallest absolute Gasteiger partial charge is 0.124 e. The third kappa shape index (κ3) is 4.47. The van der Waals surface area contributed by atoms with Crippen LogP contribution in [0.15, 0.2) is 18.2 Å². The molecule has 0 saturated heterocycles. The molecule has 108 valence electrons. The largest absolute Gasteiger partial charge is 0.487 e. The fraction of sp³-hybridized carbons (Fsp3) is 0.625. The molecule has 1 aromatic rings. The van der Waals surface area contributed by atoms with Crippen LogP contribution in [0.1, 0.15) is 46.6 Å². The summed E-state index contributed by atoms with van der Waals surface area (Å²) in [5, 5.41) is 1.40. The standard InChI is InChI=1S/C16H28NOP/c1-15(2,3)14-12(8-7-9-13(14)19-6)18-16(4,5)10-11-17/h7-9,19H,10-11,17H2,1-6H3. The third-order valence-corrected chi connectivity index (χ3v) is 4.13. The van der Waals surface area contributed by atoms with Gasteiger partial charge in [-0.25, -0.2) is 0 Å². The maximum absolute atomic E-state index is 6.27. The van der Waals surface area contributed by atoms with Crippen LogP contribution in [0.25, 0.3) is 0 Å². The van der Waals surface area contributed by atoms with E-state index in [9.17, 15) is 0 Å². The van der Waals surface area contributed by atoms with Crippen LogP contribution in [0.3, 0.4) is 0 Å². The lowest BCUT2D eigenvalue weighted by Crippen LogP contribution is -2.33. The molecule has 1 unspecified atom stereocenters. The second-order valence-electron chi connectivity index (χ2n) is 6.58. The minimum Gasteiger partial charge on any atom is -0.487 e. The fourth-order valence-corrected chi connectivity index (χ4v) is 3.31. The van der Waals surface area contributed by atoms with E-state index in [1.807, 2.05) is 0 Å². The molecule has 0 saturated carbocycles. The van der Waals surface area contributed by atoms with E-state index in [0.717, 1.165) is 20.8 Å². The SMILES string of the molecule is CPc1cccc(OC(C)(C)CCN)c1C(C)(C)C. The molecule has 0 bridgehead atoms. The first kappa shape index (κ1) is 16.5. The predicted molar refractivity (Wildman–Crippen MR) is 87.4 cm³/mol. The van der Waals surface area contributed by atoms with Gasteiger partial charge in [-0.05, 0) is 50.3 Å². The van der Waals surface area contributed by atoms with Gasteiger partial charge in [0.25, 0.3) is 0 Å². The summed E-state index contributed by atoms with van der Waals surface area (Å²) >= 11 is 0. The van der Waals surface area contributed by atoms with E-state index >= 15 is 0 Å². The molecule has 0 fully saturated rings. The summed E-state index contributed by atoms with van der Waals surface area (Å²) in [6, 6.07) is 6.39. The van der Waals surface area contributed by atoms with Crippen LogP contribution >= 0.6 is 8.58 Å². The molecule has 0 aromatic heterocycles. The quantitative estimate of drug-likeness (QED) is 0.839. The van der Waals surface area contributed by atoms with Gasteiger partial charge in [0.1, 0.15) is 11.4 Å². The van der Waals surface area contributed by atoms with Gasteiger partial charge in [0, 0.05) is 5.56 Å². The van der Waals surface area contributed by atoms with Crippen molar-refractivity contribution in [1.82, 2.24) is 0 Å². The number of benzene rings is 1. The molecular weight excluding hydrogens is 253 g/mol. The summed E-state index contributed by atoms with van der Waals surface area (Å²) < 4.78 is 6.27. The zero-order chi connectivity index (χ0) is 14.7. The van der Waals surface area contributed by atoms with Crippen molar-refractivity contribution in [2.24, 2.45) is 5.73 Å². The van der Waals surface area contributed by atoms with E-state index in [1.165, 1.54) is 10.9 Å². The number of rotatable bonds is 5. The highest BCUT2D eigenvalue weighted by Gasteiger charge is 2.26. The minimum atomic E-state index is -0.218. The van der Waals surface area contributed by atoms with Crippen molar-refractivity contribution < 1.29 is 4.74 Å². The van der Waals surface area contributed by atoms with Crippen molar-refractivity contribution in [3.63, 3.8) is 0 Å². The predicted octanol–water partition coefficient (Wildman–Crippen LogP) is 3.42. The first-order valence-electron chi connectivity index (χ1n) is 6.91. The molecule has 0 heterocycles. The molecule has 0 spiro atoms. The molecule has 19 heavy (non-hydrogen) atoms. The molecule has 0 radical (unpaired) electrons. The average Bonchev–Trinajstić information content (AvgIpc) is 2.26. The highest BCUT2D eigenvalue weighted by Crippen LogP contribution is 2.34. The Bertz CT molecular complexity index is 421. The highest BCUT2D eigenvalue weighted by atomic mass is 31.1. The Hall–Kier alpha value is -0.590. The van der Waals surface area contributed by atoms with Crippen LogP contribution in [-0.2, 0) is 5.41 Å². The van der Waals surface area contributed by atoms with Crippen molar-refractivity contribution in [3.05, 3.63) is 23.8 Å². The summed E-state index contributed by atoms with van der Waals surface area (Å²) in [7, 11) is 0.781. The van der Waals surface area contributed by atoms with Crippen LogP contribution in [0.5, 0.6) is 5.75 Å². The highest BCUT2D eigenvalue weighted by molar-refractivity contribution is 7.46. The van der Waals surface area contributed by atoms with Crippen LogP contribution in [0.2, 0.25) is 0 Å². The van der Waals surface area contributed by atoms with Gasteiger partial charge in [-0.3, -0.25) is 0 Å². The summed E-state index contributed by atoms with van der Waals surface area (Å²) in [5.74, 6) is 1.01. The van der Waals surface area contributed by atoms with Gasteiger partial charge in [-0.2, -0.15) is 0 Å². The molecular formula is C16H28NOP. The van der Waals surface area contributed by atoms with Gasteiger partial charge >= 0.3 is 0 Å². The summed E-state index contributed by atoms with van der Waals surface area (Å²) in [4.78, 5) is 0. The van der Waals surface area contributed by atoms with Gasteiger partial charge < -0.3 is 10.5 Å². The average molecular weight is 281 g/mol. The maximum Gasteiger partial charge on any atom is 0.124 e. The Morgan fingerprint density at radius 2 is 1.79 bits per heavy atom. The van der Waals surface area contributed by atoms with Crippen molar-refractivity contribution in [1.29, 1.82) is 0 Å². The zero-order valence-electron chi connectivity index (χ0n) is 13.1. The lowest BCUT2D eigenvalue weighted by Gasteiger charge is -2.32. The van der Waals surface area contributed by atoms with E-state index < -0.39 is 0 Å². The van der Waals surface area contributed by atoms with Crippen LogP contribution in [0.4, 0.5) is 0 Å². The zero-order valence-corrected chi connectivity index (χ0v) is 14.1. The Kier molecular flexibility index (Phi) is 5.41. The Morgan fingerprint density at radius 1 is 1.16 bits per heavy atom. The van der Waals surface area contributed by atoms with E-state index in [4.69, 9.17) is 10.5 Å².